The van der Waals surface area contributed by atoms with E-state index in [9.17, 15) is 4.79 Å². The molecule has 20 heavy (non-hydrogen) atoms. The van der Waals surface area contributed by atoms with Crippen LogP contribution in [0.15, 0.2) is 24.3 Å². The molecule has 4 nitrogen and oxygen atoms in total. The zero-order valence-corrected chi connectivity index (χ0v) is 12.1. The highest BCUT2D eigenvalue weighted by atomic mass is 16.5. The lowest BCUT2D eigenvalue weighted by Gasteiger charge is -2.14. The molecule has 0 aliphatic heterocycles. The molecule has 110 valence electrons. The number of carbonyl (C=O) groups excluding carboxylic acids is 1. The van der Waals surface area contributed by atoms with Crippen molar-refractivity contribution in [1.82, 2.24) is 0 Å². The standard InChI is InChI=1S/C16H24N2O2/c1-2-5-15(17)16(19)18-12-8-10-14(11-9-12)20-13-6-3-4-7-13/h8-11,13,15H,2-7,17H2,1H3,(H,18,19)/t15-/m0/s1. The fourth-order valence-electron chi connectivity index (χ4n) is 2.49. The van der Waals surface area contributed by atoms with E-state index in [2.05, 4.69) is 5.32 Å². The van der Waals surface area contributed by atoms with Gasteiger partial charge in [-0.1, -0.05) is 13.3 Å². The fraction of sp³-hybridized carbons (Fsp3) is 0.562. The Morgan fingerprint density at radius 2 is 2.00 bits per heavy atom. The lowest BCUT2D eigenvalue weighted by molar-refractivity contribution is -0.117. The van der Waals surface area contributed by atoms with Crippen molar-refractivity contribution in [1.29, 1.82) is 0 Å². The monoisotopic (exact) mass is 276 g/mol. The van der Waals surface area contributed by atoms with Gasteiger partial charge in [-0.3, -0.25) is 4.79 Å². The first-order chi connectivity index (χ1) is 9.69. The van der Waals surface area contributed by atoms with Crippen molar-refractivity contribution in [3.05, 3.63) is 24.3 Å². The molecule has 0 bridgehead atoms. The molecule has 0 unspecified atom stereocenters. The average Bonchev–Trinajstić information content (AvgIpc) is 2.94. The van der Waals surface area contributed by atoms with Crippen LogP contribution in [-0.4, -0.2) is 18.1 Å². The van der Waals surface area contributed by atoms with Crippen molar-refractivity contribution in [3.63, 3.8) is 0 Å². The van der Waals surface area contributed by atoms with Crippen molar-refractivity contribution in [2.45, 2.75) is 57.6 Å². The molecule has 0 spiro atoms. The van der Waals surface area contributed by atoms with E-state index in [1.165, 1.54) is 12.8 Å². The second kappa shape index (κ2) is 7.29. The SMILES string of the molecule is CCC[C@H](N)C(=O)Nc1ccc(OC2CCCC2)cc1. The summed E-state index contributed by atoms with van der Waals surface area (Å²) in [5, 5.41) is 2.83. The summed E-state index contributed by atoms with van der Waals surface area (Å²) in [6.07, 6.45) is 6.77. The van der Waals surface area contributed by atoms with Gasteiger partial charge in [0.2, 0.25) is 5.91 Å². The number of anilines is 1. The molecule has 1 fully saturated rings. The molecule has 1 aromatic carbocycles. The van der Waals surface area contributed by atoms with Gasteiger partial charge in [-0.15, -0.1) is 0 Å². The van der Waals surface area contributed by atoms with Gasteiger partial charge in [-0.2, -0.15) is 0 Å². The molecule has 0 aromatic heterocycles. The number of nitrogens with two attached hydrogens (primary N) is 1. The lowest BCUT2D eigenvalue weighted by Crippen LogP contribution is -2.35. The second-order valence-corrected chi connectivity index (χ2v) is 5.43. The minimum absolute atomic E-state index is 0.128. The quantitative estimate of drug-likeness (QED) is 0.839. The third-order valence-electron chi connectivity index (χ3n) is 3.66. The molecule has 2 rings (SSSR count). The van der Waals surface area contributed by atoms with E-state index in [1.54, 1.807) is 0 Å². The Morgan fingerprint density at radius 3 is 2.60 bits per heavy atom. The van der Waals surface area contributed by atoms with Gasteiger partial charge in [-0.25, -0.2) is 0 Å². The highest BCUT2D eigenvalue weighted by Gasteiger charge is 2.16. The largest absolute Gasteiger partial charge is 0.490 e. The Hall–Kier alpha value is -1.55. The predicted molar refractivity (Wildman–Crippen MR) is 80.8 cm³/mol. The first-order valence-electron chi connectivity index (χ1n) is 7.52. The first-order valence-corrected chi connectivity index (χ1v) is 7.52. The van der Waals surface area contributed by atoms with Crippen LogP contribution >= 0.6 is 0 Å². The summed E-state index contributed by atoms with van der Waals surface area (Å²) in [5.74, 6) is 0.740. The van der Waals surface area contributed by atoms with Gasteiger partial charge < -0.3 is 15.8 Å². The third-order valence-corrected chi connectivity index (χ3v) is 3.66. The highest BCUT2D eigenvalue weighted by Crippen LogP contribution is 2.25. The minimum Gasteiger partial charge on any atom is -0.490 e. The molecule has 1 aliphatic rings. The Morgan fingerprint density at radius 1 is 1.35 bits per heavy atom. The Bertz CT molecular complexity index is 425. The topological polar surface area (TPSA) is 64.4 Å². The molecule has 3 N–H and O–H groups in total. The summed E-state index contributed by atoms with van der Waals surface area (Å²) < 4.78 is 5.88. The molecule has 0 radical (unpaired) electrons. The zero-order chi connectivity index (χ0) is 14.4. The predicted octanol–water partition coefficient (Wildman–Crippen LogP) is 3.07. The maximum absolute atomic E-state index is 11.8. The van der Waals surface area contributed by atoms with E-state index in [4.69, 9.17) is 10.5 Å². The molecule has 1 atom stereocenters. The molecular weight excluding hydrogens is 252 g/mol. The second-order valence-electron chi connectivity index (χ2n) is 5.43. The normalized spacial score (nSPS) is 16.9. The number of nitrogens with one attached hydrogen (secondary N) is 1. The smallest absolute Gasteiger partial charge is 0.241 e. The van der Waals surface area contributed by atoms with E-state index in [0.29, 0.717) is 12.5 Å². The van der Waals surface area contributed by atoms with E-state index >= 15 is 0 Å². The minimum atomic E-state index is -0.436. The zero-order valence-electron chi connectivity index (χ0n) is 12.1. The third kappa shape index (κ3) is 4.23. The van der Waals surface area contributed by atoms with Crippen LogP contribution in [0.3, 0.4) is 0 Å². The van der Waals surface area contributed by atoms with E-state index in [0.717, 1.165) is 30.7 Å². The lowest BCUT2D eigenvalue weighted by atomic mass is 10.1. The van der Waals surface area contributed by atoms with Crippen LogP contribution in [0.2, 0.25) is 0 Å². The number of benzene rings is 1. The van der Waals surface area contributed by atoms with Gasteiger partial charge in [0.15, 0.2) is 0 Å². The van der Waals surface area contributed by atoms with Crippen LogP contribution in [0.25, 0.3) is 0 Å². The van der Waals surface area contributed by atoms with Crippen LogP contribution in [-0.2, 0) is 4.79 Å². The van der Waals surface area contributed by atoms with Crippen LogP contribution in [0.5, 0.6) is 5.75 Å². The molecule has 0 heterocycles. The Labute approximate surface area is 120 Å². The van der Waals surface area contributed by atoms with Gasteiger partial charge in [0.1, 0.15) is 5.75 Å². The Kier molecular flexibility index (Phi) is 5.41. The van der Waals surface area contributed by atoms with E-state index < -0.39 is 6.04 Å². The van der Waals surface area contributed by atoms with E-state index in [-0.39, 0.29) is 5.91 Å². The first kappa shape index (κ1) is 14.9. The molecule has 1 saturated carbocycles. The van der Waals surface area contributed by atoms with Crippen LogP contribution < -0.4 is 15.8 Å². The van der Waals surface area contributed by atoms with Crippen LogP contribution in [0, 0.1) is 0 Å². The van der Waals surface area contributed by atoms with Gasteiger partial charge in [0, 0.05) is 5.69 Å². The van der Waals surface area contributed by atoms with Crippen LogP contribution in [0.4, 0.5) is 5.69 Å². The number of amides is 1. The highest BCUT2D eigenvalue weighted by molar-refractivity contribution is 5.94. The van der Waals surface area contributed by atoms with Crippen molar-refractivity contribution in [3.8, 4) is 5.75 Å². The number of ether oxygens (including phenoxy) is 1. The summed E-state index contributed by atoms with van der Waals surface area (Å²) in [5.41, 5.74) is 6.54. The number of hydrogen-bond acceptors (Lipinski definition) is 3. The maximum Gasteiger partial charge on any atom is 0.241 e. The summed E-state index contributed by atoms with van der Waals surface area (Å²) >= 11 is 0. The average molecular weight is 276 g/mol. The van der Waals surface area contributed by atoms with Gasteiger partial charge in [0.05, 0.1) is 12.1 Å². The number of carbonyl (C=O) groups is 1. The van der Waals surface area contributed by atoms with Crippen LogP contribution in [0.1, 0.15) is 45.4 Å². The van der Waals surface area contributed by atoms with Crippen molar-refractivity contribution < 1.29 is 9.53 Å². The molecule has 1 aliphatic carbocycles. The van der Waals surface area contributed by atoms with Crippen molar-refractivity contribution >= 4 is 11.6 Å². The number of rotatable bonds is 6. The summed E-state index contributed by atoms with van der Waals surface area (Å²) in [6, 6.07) is 7.09. The van der Waals surface area contributed by atoms with Gasteiger partial charge in [0.25, 0.3) is 0 Å². The fourth-order valence-corrected chi connectivity index (χ4v) is 2.49. The number of hydrogen-bond donors (Lipinski definition) is 2. The molecular formula is C16H24N2O2. The Balaban J connectivity index is 1.86. The van der Waals surface area contributed by atoms with Gasteiger partial charge >= 0.3 is 0 Å². The molecule has 0 saturated heterocycles. The molecule has 4 heteroatoms. The van der Waals surface area contributed by atoms with Crippen molar-refractivity contribution in [2.75, 3.05) is 5.32 Å². The summed E-state index contributed by atoms with van der Waals surface area (Å²) in [7, 11) is 0. The van der Waals surface area contributed by atoms with Crippen molar-refractivity contribution in [2.24, 2.45) is 5.73 Å². The summed E-state index contributed by atoms with van der Waals surface area (Å²) in [6.45, 7) is 2.02. The maximum atomic E-state index is 11.8. The molecule has 1 amide bonds. The van der Waals surface area contributed by atoms with E-state index in [1.807, 2.05) is 31.2 Å². The summed E-state index contributed by atoms with van der Waals surface area (Å²) in [4.78, 5) is 11.8. The van der Waals surface area contributed by atoms with Gasteiger partial charge in [-0.05, 0) is 56.4 Å². The molecule has 1 aromatic rings.